The molecule has 2 amide bonds. The van der Waals surface area contributed by atoms with Crippen LogP contribution in [0.5, 0.6) is 0 Å². The Morgan fingerprint density at radius 2 is 1.62 bits per heavy atom. The minimum atomic E-state index is -0.562. The summed E-state index contributed by atoms with van der Waals surface area (Å²) in [6, 6.07) is 22.2. The van der Waals surface area contributed by atoms with Crippen LogP contribution >= 0.6 is 0 Å². The molecule has 0 aliphatic heterocycles. The SMILES string of the molecule is CNC(=O)c1c(-c2ccc(F)cc2)nn2cc(F)c(-c3cc(C(=O)NC4(c5ccccc5)CC4)ccc3C)cc12. The Morgan fingerprint density at radius 3 is 2.30 bits per heavy atom. The zero-order valence-electron chi connectivity index (χ0n) is 22.0. The first-order chi connectivity index (χ1) is 19.3. The van der Waals surface area contributed by atoms with Crippen LogP contribution in [0.25, 0.3) is 27.9 Å². The van der Waals surface area contributed by atoms with Gasteiger partial charge in [0.15, 0.2) is 0 Å². The topological polar surface area (TPSA) is 75.5 Å². The Morgan fingerprint density at radius 1 is 0.900 bits per heavy atom. The number of nitrogens with zero attached hydrogens (tertiary/aromatic N) is 2. The van der Waals surface area contributed by atoms with Crippen LogP contribution in [0.3, 0.4) is 0 Å². The number of amides is 2. The molecule has 6 nitrogen and oxygen atoms in total. The van der Waals surface area contributed by atoms with E-state index in [1.54, 1.807) is 24.3 Å². The standard InChI is InChI=1S/C32H26F2N4O2/c1-19-8-9-21(30(39)36-32(14-15-32)22-6-4-3-5-7-22)16-24(19)25-17-27-28(31(40)35-2)29(37-38(27)18-26(25)34)20-10-12-23(33)13-11-20/h3-13,16-18H,14-15H2,1-2H3,(H,35,40)(H,36,39). The maximum atomic E-state index is 15.6. The van der Waals surface area contributed by atoms with Gasteiger partial charge < -0.3 is 10.6 Å². The number of carbonyl (C=O) groups is 2. The highest BCUT2D eigenvalue weighted by Gasteiger charge is 2.45. The molecule has 0 atom stereocenters. The van der Waals surface area contributed by atoms with Gasteiger partial charge in [-0.3, -0.25) is 9.59 Å². The van der Waals surface area contributed by atoms with Crippen molar-refractivity contribution >= 4 is 17.3 Å². The van der Waals surface area contributed by atoms with Crippen molar-refractivity contribution < 1.29 is 18.4 Å². The number of halogens is 2. The largest absolute Gasteiger partial charge is 0.355 e. The number of hydrogen-bond donors (Lipinski definition) is 2. The number of aryl methyl sites for hydroxylation is 1. The highest BCUT2D eigenvalue weighted by atomic mass is 19.1. The summed E-state index contributed by atoms with van der Waals surface area (Å²) < 4.78 is 30.4. The van der Waals surface area contributed by atoms with E-state index in [0.29, 0.717) is 27.9 Å². The molecule has 2 aromatic heterocycles. The molecule has 0 radical (unpaired) electrons. The number of benzene rings is 3. The third-order valence-corrected chi connectivity index (χ3v) is 7.51. The number of aromatic nitrogens is 2. The second-order valence-electron chi connectivity index (χ2n) is 10.1. The molecule has 0 saturated heterocycles. The number of nitrogens with one attached hydrogen (secondary N) is 2. The molecule has 8 heteroatoms. The monoisotopic (exact) mass is 536 g/mol. The lowest BCUT2D eigenvalue weighted by Crippen LogP contribution is -2.34. The zero-order valence-corrected chi connectivity index (χ0v) is 22.0. The normalized spacial score (nSPS) is 13.7. The second kappa shape index (κ2) is 9.72. The fourth-order valence-corrected chi connectivity index (χ4v) is 5.14. The molecule has 6 rings (SSSR count). The van der Waals surface area contributed by atoms with E-state index in [2.05, 4.69) is 15.7 Å². The van der Waals surface area contributed by atoms with E-state index in [-0.39, 0.29) is 22.6 Å². The van der Waals surface area contributed by atoms with Crippen molar-refractivity contribution in [3.05, 3.63) is 119 Å². The number of rotatable bonds is 6. The van der Waals surface area contributed by atoms with Crippen LogP contribution in [0.15, 0.2) is 85.1 Å². The molecule has 40 heavy (non-hydrogen) atoms. The Bertz CT molecular complexity index is 1780. The van der Waals surface area contributed by atoms with E-state index in [1.807, 2.05) is 37.3 Å². The molecule has 2 N–H and O–H groups in total. The predicted octanol–water partition coefficient (Wildman–Crippen LogP) is 6.03. The van der Waals surface area contributed by atoms with Crippen molar-refractivity contribution in [2.24, 2.45) is 0 Å². The first-order valence-electron chi connectivity index (χ1n) is 13.0. The van der Waals surface area contributed by atoms with E-state index in [1.165, 1.54) is 42.0 Å². The van der Waals surface area contributed by atoms with Crippen molar-refractivity contribution in [1.29, 1.82) is 0 Å². The Hall–Kier alpha value is -4.85. The van der Waals surface area contributed by atoms with Crippen molar-refractivity contribution in [2.75, 3.05) is 7.05 Å². The number of carbonyl (C=O) groups excluding carboxylic acids is 2. The number of hydrogen-bond acceptors (Lipinski definition) is 3. The van der Waals surface area contributed by atoms with Crippen LogP contribution < -0.4 is 10.6 Å². The van der Waals surface area contributed by atoms with Gasteiger partial charge >= 0.3 is 0 Å². The van der Waals surface area contributed by atoms with Crippen molar-refractivity contribution in [2.45, 2.75) is 25.3 Å². The summed E-state index contributed by atoms with van der Waals surface area (Å²) in [5.74, 6) is -1.63. The van der Waals surface area contributed by atoms with Crippen LogP contribution in [0.4, 0.5) is 8.78 Å². The summed E-state index contributed by atoms with van der Waals surface area (Å²) in [7, 11) is 1.50. The molecular formula is C32H26F2N4O2. The molecular weight excluding hydrogens is 510 g/mol. The Labute approximate surface area is 229 Å². The van der Waals surface area contributed by atoms with E-state index in [0.717, 1.165) is 24.0 Å². The lowest BCUT2D eigenvalue weighted by molar-refractivity contribution is 0.0929. The van der Waals surface area contributed by atoms with Gasteiger partial charge in [0.25, 0.3) is 11.8 Å². The third-order valence-electron chi connectivity index (χ3n) is 7.51. The van der Waals surface area contributed by atoms with E-state index in [9.17, 15) is 14.0 Å². The van der Waals surface area contributed by atoms with Crippen LogP contribution in [0.2, 0.25) is 0 Å². The smallest absolute Gasteiger partial charge is 0.255 e. The molecule has 1 fully saturated rings. The highest BCUT2D eigenvalue weighted by Crippen LogP contribution is 2.45. The molecule has 3 aromatic carbocycles. The molecule has 0 spiro atoms. The molecule has 200 valence electrons. The second-order valence-corrected chi connectivity index (χ2v) is 10.1. The van der Waals surface area contributed by atoms with E-state index >= 15 is 4.39 Å². The van der Waals surface area contributed by atoms with Gasteiger partial charge in [0.2, 0.25) is 0 Å². The molecule has 2 heterocycles. The van der Waals surface area contributed by atoms with Gasteiger partial charge in [0, 0.05) is 23.7 Å². The minimum Gasteiger partial charge on any atom is -0.355 e. The molecule has 1 aliphatic rings. The summed E-state index contributed by atoms with van der Waals surface area (Å²) in [5, 5.41) is 10.2. The average molecular weight is 537 g/mol. The molecule has 0 bridgehead atoms. The van der Waals surface area contributed by atoms with Gasteiger partial charge in [-0.25, -0.2) is 13.3 Å². The third kappa shape index (κ3) is 4.41. The Kier molecular flexibility index (Phi) is 6.18. The maximum absolute atomic E-state index is 15.6. The summed E-state index contributed by atoms with van der Waals surface area (Å²) in [6.45, 7) is 1.84. The van der Waals surface area contributed by atoms with Gasteiger partial charge in [-0.05, 0) is 78.9 Å². The minimum absolute atomic E-state index is 0.236. The van der Waals surface area contributed by atoms with Crippen LogP contribution in [-0.4, -0.2) is 28.5 Å². The van der Waals surface area contributed by atoms with Gasteiger partial charge in [0.1, 0.15) is 17.3 Å². The van der Waals surface area contributed by atoms with Gasteiger partial charge in [-0.2, -0.15) is 5.10 Å². The number of pyridine rings is 1. The number of fused-ring (bicyclic) bond motifs is 1. The van der Waals surface area contributed by atoms with Gasteiger partial charge in [0.05, 0.1) is 22.8 Å². The predicted molar refractivity (Wildman–Crippen MR) is 149 cm³/mol. The fraction of sp³-hybridized carbons (Fsp3) is 0.156. The van der Waals surface area contributed by atoms with Crippen molar-refractivity contribution in [3.63, 3.8) is 0 Å². The maximum Gasteiger partial charge on any atom is 0.255 e. The van der Waals surface area contributed by atoms with Crippen LogP contribution in [0, 0.1) is 18.6 Å². The van der Waals surface area contributed by atoms with E-state index < -0.39 is 17.5 Å². The molecule has 0 unspecified atom stereocenters. The molecule has 5 aromatic rings. The van der Waals surface area contributed by atoms with Crippen LogP contribution in [-0.2, 0) is 5.54 Å². The van der Waals surface area contributed by atoms with Crippen LogP contribution in [0.1, 0.15) is 44.7 Å². The summed E-state index contributed by atoms with van der Waals surface area (Å²) in [5.41, 5.74) is 4.06. The summed E-state index contributed by atoms with van der Waals surface area (Å²) in [6.07, 6.45) is 2.92. The summed E-state index contributed by atoms with van der Waals surface area (Å²) >= 11 is 0. The first-order valence-corrected chi connectivity index (χ1v) is 13.0. The van der Waals surface area contributed by atoms with Crippen molar-refractivity contribution in [1.82, 2.24) is 20.2 Å². The van der Waals surface area contributed by atoms with E-state index in [4.69, 9.17) is 0 Å². The average Bonchev–Trinajstić information content (AvgIpc) is 3.66. The lowest BCUT2D eigenvalue weighted by atomic mass is 9.96. The van der Waals surface area contributed by atoms with Crippen molar-refractivity contribution in [3.8, 4) is 22.4 Å². The summed E-state index contributed by atoms with van der Waals surface area (Å²) in [4.78, 5) is 26.3. The first kappa shape index (κ1) is 25.4. The molecule has 1 saturated carbocycles. The quantitative estimate of drug-likeness (QED) is 0.278. The highest BCUT2D eigenvalue weighted by molar-refractivity contribution is 6.07. The molecule has 1 aliphatic carbocycles. The van der Waals surface area contributed by atoms with Gasteiger partial charge in [-0.1, -0.05) is 36.4 Å². The lowest BCUT2D eigenvalue weighted by Gasteiger charge is -2.19. The zero-order chi connectivity index (χ0) is 28.0. The Balaban J connectivity index is 1.42. The fourth-order valence-electron chi connectivity index (χ4n) is 5.14. The van der Waals surface area contributed by atoms with Gasteiger partial charge in [-0.15, -0.1) is 0 Å².